The summed E-state index contributed by atoms with van der Waals surface area (Å²) in [6.07, 6.45) is 5.43. The summed E-state index contributed by atoms with van der Waals surface area (Å²) in [5.74, 6) is -2.03. The summed E-state index contributed by atoms with van der Waals surface area (Å²) >= 11 is 0. The maximum atomic E-state index is 12.9. The molecule has 1 aromatic carbocycles. The van der Waals surface area contributed by atoms with Gasteiger partial charge >= 0.3 is 6.03 Å². The summed E-state index contributed by atoms with van der Waals surface area (Å²) in [6.45, 7) is 2.20. The number of anilines is 1. The minimum atomic E-state index is -1.15. The molecule has 27 heavy (non-hydrogen) atoms. The van der Waals surface area contributed by atoms with Crippen LogP contribution in [0.3, 0.4) is 0 Å². The number of hydrogen-bond acceptors (Lipinski definition) is 5. The second kappa shape index (κ2) is 8.30. The molecular formula is C19H25N4O4+. The topological polar surface area (TPSA) is 116 Å². The summed E-state index contributed by atoms with van der Waals surface area (Å²) in [7, 11) is 0. The predicted molar refractivity (Wildman–Crippen MR) is 99.5 cm³/mol. The molecule has 8 heteroatoms. The molecule has 0 spiro atoms. The normalized spacial score (nSPS) is 26.4. The van der Waals surface area contributed by atoms with E-state index in [2.05, 4.69) is 16.0 Å². The van der Waals surface area contributed by atoms with Crippen LogP contribution < -0.4 is 20.7 Å². The Labute approximate surface area is 157 Å². The van der Waals surface area contributed by atoms with Gasteiger partial charge in [0, 0.05) is 12.6 Å². The lowest BCUT2D eigenvalue weighted by molar-refractivity contribution is -0.428. The smallest absolute Gasteiger partial charge is 0.335 e. The number of imide groups is 2. The van der Waals surface area contributed by atoms with Crippen LogP contribution in [0, 0.1) is 5.92 Å². The lowest BCUT2D eigenvalue weighted by atomic mass is 9.91. The molecule has 4 amide bonds. The van der Waals surface area contributed by atoms with Gasteiger partial charge in [0.1, 0.15) is 17.8 Å². The van der Waals surface area contributed by atoms with Crippen LogP contribution in [-0.4, -0.2) is 42.8 Å². The van der Waals surface area contributed by atoms with Crippen molar-refractivity contribution < 1.29 is 24.9 Å². The number of benzene rings is 1. The highest BCUT2D eigenvalue weighted by molar-refractivity contribution is 6.32. The third-order valence-corrected chi connectivity index (χ3v) is 4.90. The number of carbonyl (C=O) groups excluding carboxylic acids is 3. The zero-order valence-electron chi connectivity index (χ0n) is 15.4. The minimum absolute atomic E-state index is 0.00105. The number of ether oxygens (including phenoxy) is 1. The molecule has 0 aromatic heterocycles. The molecule has 2 fully saturated rings. The monoisotopic (exact) mass is 373 g/mol. The summed E-state index contributed by atoms with van der Waals surface area (Å²) in [4.78, 5) is 42.9. The van der Waals surface area contributed by atoms with Gasteiger partial charge in [0.15, 0.2) is 5.92 Å². The number of nitrogens with one attached hydrogen (secondary N) is 1. The fourth-order valence-electron chi connectivity index (χ4n) is 3.45. The first-order valence-corrected chi connectivity index (χ1v) is 9.30. The van der Waals surface area contributed by atoms with E-state index in [1.54, 1.807) is 24.3 Å². The fourth-order valence-corrected chi connectivity index (χ4v) is 3.45. The van der Waals surface area contributed by atoms with Crippen molar-refractivity contribution in [1.29, 1.82) is 0 Å². The van der Waals surface area contributed by atoms with Gasteiger partial charge in [-0.15, -0.1) is 0 Å². The van der Waals surface area contributed by atoms with Crippen LogP contribution in [-0.2, 0) is 9.59 Å². The Kier molecular flexibility index (Phi) is 5.85. The molecule has 1 aliphatic carbocycles. The highest BCUT2D eigenvalue weighted by Gasteiger charge is 2.41. The molecule has 1 aliphatic heterocycles. The maximum Gasteiger partial charge on any atom is 0.335 e. The van der Waals surface area contributed by atoms with Crippen LogP contribution in [0.15, 0.2) is 29.3 Å². The second-order valence-corrected chi connectivity index (χ2v) is 6.76. The van der Waals surface area contributed by atoms with Crippen molar-refractivity contribution in [3.63, 3.8) is 0 Å². The molecule has 4 N–H and O–H groups in total. The molecule has 1 saturated heterocycles. The lowest BCUT2D eigenvalue weighted by Crippen LogP contribution is -2.66. The number of hydrogen-bond donors (Lipinski definition) is 2. The van der Waals surface area contributed by atoms with Gasteiger partial charge in [-0.05, 0) is 31.9 Å². The van der Waals surface area contributed by atoms with E-state index in [1.807, 2.05) is 6.92 Å². The van der Waals surface area contributed by atoms with E-state index in [1.165, 1.54) is 6.21 Å². The zero-order chi connectivity index (χ0) is 19.4. The van der Waals surface area contributed by atoms with Crippen LogP contribution in [0.2, 0.25) is 0 Å². The van der Waals surface area contributed by atoms with Crippen molar-refractivity contribution >= 4 is 29.7 Å². The van der Waals surface area contributed by atoms with Gasteiger partial charge in [-0.1, -0.05) is 18.6 Å². The lowest BCUT2D eigenvalue weighted by Gasteiger charge is -2.30. The Morgan fingerprint density at radius 1 is 1.26 bits per heavy atom. The Bertz CT molecular complexity index is 764. The molecule has 3 rings (SSSR count). The van der Waals surface area contributed by atoms with Crippen LogP contribution >= 0.6 is 0 Å². The number of carbonyl (C=O) groups is 3. The summed E-state index contributed by atoms with van der Waals surface area (Å²) in [6, 6.07) is 6.13. The highest BCUT2D eigenvalue weighted by Crippen LogP contribution is 2.30. The number of nitrogens with zero attached hydrogens (tertiary/aromatic N) is 2. The molecule has 0 bridgehead atoms. The molecule has 0 unspecified atom stereocenters. The average Bonchev–Trinajstić information content (AvgIpc) is 2.64. The molecule has 8 nitrogen and oxygen atoms in total. The number of amides is 4. The zero-order valence-corrected chi connectivity index (χ0v) is 15.4. The third kappa shape index (κ3) is 4.00. The minimum Gasteiger partial charge on any atom is -0.492 e. The van der Waals surface area contributed by atoms with Crippen LogP contribution in [0.25, 0.3) is 0 Å². The van der Waals surface area contributed by atoms with E-state index in [-0.39, 0.29) is 12.1 Å². The maximum absolute atomic E-state index is 12.9. The average molecular weight is 373 g/mol. The quantitative estimate of drug-likeness (QED) is 0.589. The SMILES string of the molecule is CCOc1ccccc1N1C(=O)NC(=O)[C@@H](C=N[C@@H]2CCCC[C@@H]2[NH3+])C1=O. The van der Waals surface area contributed by atoms with E-state index < -0.39 is 23.8 Å². The van der Waals surface area contributed by atoms with Gasteiger partial charge in [-0.25, -0.2) is 9.69 Å². The van der Waals surface area contributed by atoms with Crippen molar-refractivity contribution in [3.8, 4) is 5.75 Å². The molecular weight excluding hydrogens is 348 g/mol. The second-order valence-electron chi connectivity index (χ2n) is 6.76. The first-order chi connectivity index (χ1) is 13.0. The molecule has 0 radical (unpaired) electrons. The Morgan fingerprint density at radius 2 is 2.00 bits per heavy atom. The van der Waals surface area contributed by atoms with Gasteiger partial charge in [-0.3, -0.25) is 19.9 Å². The predicted octanol–water partition coefficient (Wildman–Crippen LogP) is 0.908. The Hall–Kier alpha value is -2.74. The van der Waals surface area contributed by atoms with Gasteiger partial charge in [0.2, 0.25) is 5.91 Å². The van der Waals surface area contributed by atoms with Gasteiger partial charge in [0.25, 0.3) is 5.91 Å². The van der Waals surface area contributed by atoms with Crippen LogP contribution in [0.4, 0.5) is 10.5 Å². The number of rotatable bonds is 5. The van der Waals surface area contributed by atoms with E-state index in [4.69, 9.17) is 4.74 Å². The Morgan fingerprint density at radius 3 is 2.74 bits per heavy atom. The van der Waals surface area contributed by atoms with Gasteiger partial charge < -0.3 is 10.5 Å². The standard InChI is InChI=1S/C19H24N4O4/c1-2-27-16-10-6-5-9-15(16)23-18(25)12(17(24)22-19(23)26)11-21-14-8-4-3-7-13(14)20/h5-6,9-14H,2-4,7-8,20H2,1H3,(H,22,24,26)/p+1/t12-,13+,14-/m1/s1. The van der Waals surface area contributed by atoms with Crippen LogP contribution in [0.5, 0.6) is 5.75 Å². The highest BCUT2D eigenvalue weighted by atomic mass is 16.5. The molecule has 1 saturated carbocycles. The van der Waals surface area contributed by atoms with Crippen molar-refractivity contribution in [2.45, 2.75) is 44.7 Å². The van der Waals surface area contributed by atoms with Crippen LogP contribution in [0.1, 0.15) is 32.6 Å². The largest absolute Gasteiger partial charge is 0.492 e. The van der Waals surface area contributed by atoms with E-state index in [9.17, 15) is 14.4 Å². The number of aliphatic imine (C=N–C) groups is 1. The van der Waals surface area contributed by atoms with Gasteiger partial charge in [-0.2, -0.15) is 0 Å². The molecule has 1 aromatic rings. The summed E-state index contributed by atoms with van der Waals surface area (Å²) in [5.41, 5.74) is 4.41. The number of urea groups is 1. The molecule has 3 atom stereocenters. The van der Waals surface area contributed by atoms with Gasteiger partial charge in [0.05, 0.1) is 12.3 Å². The van der Waals surface area contributed by atoms with Crippen molar-refractivity contribution in [3.05, 3.63) is 24.3 Å². The van der Waals surface area contributed by atoms with E-state index in [0.717, 1.165) is 30.6 Å². The molecule has 2 aliphatic rings. The molecule has 1 heterocycles. The molecule has 144 valence electrons. The first kappa shape index (κ1) is 19.0. The fraction of sp³-hybridized carbons (Fsp3) is 0.474. The number of quaternary nitrogens is 1. The number of barbiturate groups is 1. The third-order valence-electron chi connectivity index (χ3n) is 4.90. The summed E-state index contributed by atoms with van der Waals surface area (Å²) < 4.78 is 5.52. The van der Waals surface area contributed by atoms with Crippen molar-refractivity contribution in [2.24, 2.45) is 10.9 Å². The van der Waals surface area contributed by atoms with E-state index in [0.29, 0.717) is 18.0 Å². The van der Waals surface area contributed by atoms with Crippen molar-refractivity contribution in [1.82, 2.24) is 5.32 Å². The van der Waals surface area contributed by atoms with E-state index >= 15 is 0 Å². The Balaban J connectivity index is 1.86. The first-order valence-electron chi connectivity index (χ1n) is 9.30. The van der Waals surface area contributed by atoms with Crippen molar-refractivity contribution in [2.75, 3.05) is 11.5 Å². The summed E-state index contributed by atoms with van der Waals surface area (Å²) in [5, 5.41) is 2.24. The number of para-hydroxylation sites is 2.